The monoisotopic (exact) mass is 257 g/mol. The predicted molar refractivity (Wildman–Crippen MR) is 69.7 cm³/mol. The lowest BCUT2D eigenvalue weighted by Gasteiger charge is -2.21. The normalized spacial score (nSPS) is 11.8. The van der Waals surface area contributed by atoms with E-state index >= 15 is 0 Å². The summed E-state index contributed by atoms with van der Waals surface area (Å²) in [6.45, 7) is 3.06. The van der Waals surface area contributed by atoms with Crippen molar-refractivity contribution in [1.82, 2.24) is 9.29 Å². The number of anilines is 1. The number of pyridine rings is 1. The standard InChI is InChI=1S/C11H19N3O2S/c1-10-5-6-12-11(9-10)13(2)7-8-14(3)17(4,15)16/h5-6,9H,7-8H2,1-4H3. The second-order valence-corrected chi connectivity index (χ2v) is 6.29. The zero-order valence-corrected chi connectivity index (χ0v) is 11.5. The van der Waals surface area contributed by atoms with Crippen molar-refractivity contribution >= 4 is 15.8 Å². The van der Waals surface area contributed by atoms with Crippen LogP contribution in [0.15, 0.2) is 18.3 Å². The molecule has 0 unspecified atom stereocenters. The van der Waals surface area contributed by atoms with Gasteiger partial charge >= 0.3 is 0 Å². The van der Waals surface area contributed by atoms with E-state index in [1.165, 1.54) is 10.6 Å². The van der Waals surface area contributed by atoms with Crippen LogP contribution in [0.3, 0.4) is 0 Å². The molecule has 5 nitrogen and oxygen atoms in total. The minimum Gasteiger partial charge on any atom is -0.358 e. The fourth-order valence-electron chi connectivity index (χ4n) is 1.30. The van der Waals surface area contributed by atoms with Gasteiger partial charge in [0.1, 0.15) is 5.82 Å². The van der Waals surface area contributed by atoms with E-state index in [9.17, 15) is 8.42 Å². The van der Waals surface area contributed by atoms with Crippen LogP contribution in [-0.2, 0) is 10.0 Å². The van der Waals surface area contributed by atoms with Crippen LogP contribution in [0.5, 0.6) is 0 Å². The smallest absolute Gasteiger partial charge is 0.211 e. The number of rotatable bonds is 5. The first-order valence-corrected chi connectivity index (χ1v) is 7.20. The molecule has 0 aromatic carbocycles. The highest BCUT2D eigenvalue weighted by Gasteiger charge is 2.11. The molecular weight excluding hydrogens is 238 g/mol. The minimum absolute atomic E-state index is 0.449. The largest absolute Gasteiger partial charge is 0.358 e. The second kappa shape index (κ2) is 5.46. The number of hydrogen-bond acceptors (Lipinski definition) is 4. The molecule has 0 bridgehead atoms. The Kier molecular flexibility index (Phi) is 4.47. The van der Waals surface area contributed by atoms with Gasteiger partial charge in [-0.05, 0) is 24.6 Å². The Morgan fingerprint density at radius 3 is 2.47 bits per heavy atom. The summed E-state index contributed by atoms with van der Waals surface area (Å²) in [4.78, 5) is 6.18. The SMILES string of the molecule is Cc1ccnc(N(C)CCN(C)S(C)(=O)=O)c1. The molecular formula is C11H19N3O2S. The molecule has 0 saturated carbocycles. The number of aromatic nitrogens is 1. The average Bonchev–Trinajstić information content (AvgIpc) is 2.24. The van der Waals surface area contributed by atoms with Crippen molar-refractivity contribution in [3.05, 3.63) is 23.9 Å². The van der Waals surface area contributed by atoms with Gasteiger partial charge in [-0.25, -0.2) is 17.7 Å². The Balaban J connectivity index is 2.59. The zero-order valence-electron chi connectivity index (χ0n) is 10.7. The molecule has 0 N–H and O–H groups in total. The second-order valence-electron chi connectivity index (χ2n) is 4.20. The van der Waals surface area contributed by atoms with E-state index in [4.69, 9.17) is 0 Å². The van der Waals surface area contributed by atoms with Crippen LogP contribution >= 0.6 is 0 Å². The lowest BCUT2D eigenvalue weighted by Crippen LogP contribution is -2.34. The van der Waals surface area contributed by atoms with Crippen LogP contribution in [0.2, 0.25) is 0 Å². The fourth-order valence-corrected chi connectivity index (χ4v) is 1.71. The van der Waals surface area contributed by atoms with Crippen molar-refractivity contribution in [1.29, 1.82) is 0 Å². The summed E-state index contributed by atoms with van der Waals surface area (Å²) in [5.41, 5.74) is 1.14. The lowest BCUT2D eigenvalue weighted by molar-refractivity contribution is 0.479. The van der Waals surface area contributed by atoms with E-state index in [0.29, 0.717) is 13.1 Å². The van der Waals surface area contributed by atoms with Gasteiger partial charge in [0.15, 0.2) is 0 Å². The molecule has 0 saturated heterocycles. The molecule has 1 rings (SSSR count). The number of likely N-dealkylation sites (N-methyl/N-ethyl adjacent to an activating group) is 2. The third-order valence-electron chi connectivity index (χ3n) is 2.61. The highest BCUT2D eigenvalue weighted by molar-refractivity contribution is 7.88. The molecule has 17 heavy (non-hydrogen) atoms. The van der Waals surface area contributed by atoms with Crippen LogP contribution in [0.1, 0.15) is 5.56 Å². The Bertz CT molecular complexity index is 473. The molecule has 1 aromatic rings. The third-order valence-corrected chi connectivity index (χ3v) is 3.92. The number of nitrogens with zero attached hydrogens (tertiary/aromatic N) is 3. The fraction of sp³-hybridized carbons (Fsp3) is 0.545. The van der Waals surface area contributed by atoms with Gasteiger partial charge < -0.3 is 4.90 Å². The minimum atomic E-state index is -3.10. The van der Waals surface area contributed by atoms with Crippen LogP contribution < -0.4 is 4.90 Å². The molecule has 0 aliphatic carbocycles. The Labute approximate surface area is 103 Å². The van der Waals surface area contributed by atoms with Gasteiger partial charge in [-0.15, -0.1) is 0 Å². The Morgan fingerprint density at radius 1 is 1.29 bits per heavy atom. The van der Waals surface area contributed by atoms with Gasteiger partial charge in [-0.1, -0.05) is 0 Å². The van der Waals surface area contributed by atoms with Gasteiger partial charge in [-0.2, -0.15) is 0 Å². The highest BCUT2D eigenvalue weighted by atomic mass is 32.2. The summed E-state index contributed by atoms with van der Waals surface area (Å²) in [6.07, 6.45) is 2.96. The number of aryl methyl sites for hydroxylation is 1. The molecule has 0 aliphatic rings. The van der Waals surface area contributed by atoms with E-state index in [1.54, 1.807) is 13.2 Å². The summed E-state index contributed by atoms with van der Waals surface area (Å²) < 4.78 is 23.8. The summed E-state index contributed by atoms with van der Waals surface area (Å²) in [5, 5.41) is 0. The summed E-state index contributed by atoms with van der Waals surface area (Å²) in [6, 6.07) is 3.90. The first-order chi connectivity index (χ1) is 7.80. The van der Waals surface area contributed by atoms with E-state index in [-0.39, 0.29) is 0 Å². The van der Waals surface area contributed by atoms with Gasteiger partial charge in [0, 0.05) is 33.4 Å². The Hall–Kier alpha value is -1.14. The van der Waals surface area contributed by atoms with Gasteiger partial charge in [-0.3, -0.25) is 0 Å². The van der Waals surface area contributed by atoms with Crippen molar-refractivity contribution in [2.24, 2.45) is 0 Å². The van der Waals surface area contributed by atoms with Gasteiger partial charge in [0.05, 0.1) is 6.26 Å². The zero-order chi connectivity index (χ0) is 13.1. The van der Waals surface area contributed by atoms with E-state index in [0.717, 1.165) is 11.4 Å². The highest BCUT2D eigenvalue weighted by Crippen LogP contribution is 2.10. The molecule has 0 atom stereocenters. The van der Waals surface area contributed by atoms with Gasteiger partial charge in [0.2, 0.25) is 10.0 Å². The molecule has 0 amide bonds. The van der Waals surface area contributed by atoms with E-state index in [1.807, 2.05) is 31.0 Å². The number of hydrogen-bond donors (Lipinski definition) is 0. The van der Waals surface area contributed by atoms with Crippen LogP contribution in [0, 0.1) is 6.92 Å². The first kappa shape index (κ1) is 13.9. The first-order valence-electron chi connectivity index (χ1n) is 5.36. The molecule has 0 radical (unpaired) electrons. The topological polar surface area (TPSA) is 53.5 Å². The summed E-state index contributed by atoms with van der Waals surface area (Å²) in [7, 11) is 0.374. The van der Waals surface area contributed by atoms with Crippen molar-refractivity contribution in [3.63, 3.8) is 0 Å². The average molecular weight is 257 g/mol. The van der Waals surface area contributed by atoms with Crippen LogP contribution in [0.25, 0.3) is 0 Å². The maximum Gasteiger partial charge on any atom is 0.211 e. The van der Waals surface area contributed by atoms with Gasteiger partial charge in [0.25, 0.3) is 0 Å². The van der Waals surface area contributed by atoms with E-state index in [2.05, 4.69) is 4.98 Å². The summed E-state index contributed by atoms with van der Waals surface area (Å²) >= 11 is 0. The summed E-state index contributed by atoms with van der Waals surface area (Å²) in [5.74, 6) is 0.854. The lowest BCUT2D eigenvalue weighted by atomic mass is 10.3. The quantitative estimate of drug-likeness (QED) is 0.780. The van der Waals surface area contributed by atoms with Crippen molar-refractivity contribution in [2.75, 3.05) is 38.3 Å². The number of sulfonamides is 1. The Morgan fingerprint density at radius 2 is 1.94 bits per heavy atom. The predicted octanol–water partition coefficient (Wildman–Crippen LogP) is 0.718. The molecule has 1 heterocycles. The molecule has 1 aromatic heterocycles. The van der Waals surface area contributed by atoms with Crippen molar-refractivity contribution < 1.29 is 8.42 Å². The van der Waals surface area contributed by atoms with Crippen molar-refractivity contribution in [2.45, 2.75) is 6.92 Å². The van der Waals surface area contributed by atoms with Crippen LogP contribution in [-0.4, -0.2) is 51.1 Å². The molecule has 6 heteroatoms. The third kappa shape index (κ3) is 4.32. The van der Waals surface area contributed by atoms with E-state index < -0.39 is 10.0 Å². The maximum atomic E-state index is 11.2. The molecule has 0 aliphatic heterocycles. The maximum absolute atomic E-state index is 11.2. The molecule has 0 fully saturated rings. The molecule has 0 spiro atoms. The van der Waals surface area contributed by atoms with Crippen LogP contribution in [0.4, 0.5) is 5.82 Å². The van der Waals surface area contributed by atoms with Crippen molar-refractivity contribution in [3.8, 4) is 0 Å². The molecule has 96 valence electrons.